The van der Waals surface area contributed by atoms with Crippen molar-refractivity contribution >= 4 is 12.1 Å². The number of aromatic nitrogens is 2. The van der Waals surface area contributed by atoms with Gasteiger partial charge >= 0.3 is 0 Å². The van der Waals surface area contributed by atoms with Crippen LogP contribution in [0.3, 0.4) is 0 Å². The summed E-state index contributed by atoms with van der Waals surface area (Å²) >= 11 is 0. The van der Waals surface area contributed by atoms with E-state index in [4.69, 9.17) is 0 Å². The van der Waals surface area contributed by atoms with E-state index in [1.807, 2.05) is 46.0 Å². The minimum atomic E-state index is -0.107. The van der Waals surface area contributed by atoms with Gasteiger partial charge in [0.05, 0.1) is 6.04 Å². The number of anilines is 1. The second kappa shape index (κ2) is 11.1. The molecule has 22 heavy (non-hydrogen) atoms. The standard InChI is InChI=1S/C14H23N3O.C3H9N/c1-5-12(6-2)17(13(7-3)10-18)14-8-9-15-11(4)16-14;1-4(2)3/h8-10,12-13H,5-7H2,1-4H3;1-3H3. The first-order chi connectivity index (χ1) is 10.4. The summed E-state index contributed by atoms with van der Waals surface area (Å²) in [6, 6.07) is 2.12. The maximum atomic E-state index is 11.3. The number of rotatable bonds is 7. The molecule has 1 aromatic rings. The molecule has 0 radical (unpaired) electrons. The molecule has 126 valence electrons. The average Bonchev–Trinajstić information content (AvgIpc) is 2.47. The number of nitrogens with zero attached hydrogens (tertiary/aromatic N) is 4. The Kier molecular flexibility index (Phi) is 10.4. The van der Waals surface area contributed by atoms with Gasteiger partial charge in [-0.05, 0) is 53.4 Å². The number of aryl methyl sites for hydroxylation is 1. The molecular weight excluding hydrogens is 276 g/mol. The first kappa shape index (κ1) is 20.5. The molecule has 0 saturated carbocycles. The predicted octanol–water partition coefficient (Wildman–Crippen LogP) is 2.94. The third kappa shape index (κ3) is 6.98. The Morgan fingerprint density at radius 1 is 1.14 bits per heavy atom. The van der Waals surface area contributed by atoms with Crippen LogP contribution in [-0.2, 0) is 4.79 Å². The summed E-state index contributed by atoms with van der Waals surface area (Å²) in [6.07, 6.45) is 5.58. The Morgan fingerprint density at radius 2 is 1.68 bits per heavy atom. The lowest BCUT2D eigenvalue weighted by Crippen LogP contribution is -2.44. The van der Waals surface area contributed by atoms with E-state index in [2.05, 4.69) is 28.7 Å². The summed E-state index contributed by atoms with van der Waals surface area (Å²) in [5.74, 6) is 1.60. The molecule has 1 heterocycles. The number of hydrogen-bond acceptors (Lipinski definition) is 5. The van der Waals surface area contributed by atoms with Crippen molar-refractivity contribution in [1.82, 2.24) is 14.9 Å². The molecule has 5 nitrogen and oxygen atoms in total. The molecule has 0 aliphatic carbocycles. The van der Waals surface area contributed by atoms with Gasteiger partial charge in [0.25, 0.3) is 0 Å². The van der Waals surface area contributed by atoms with Gasteiger partial charge in [-0.2, -0.15) is 0 Å². The summed E-state index contributed by atoms with van der Waals surface area (Å²) in [5, 5.41) is 0. The molecule has 0 spiro atoms. The van der Waals surface area contributed by atoms with Crippen LogP contribution in [0.25, 0.3) is 0 Å². The van der Waals surface area contributed by atoms with E-state index in [0.717, 1.165) is 37.2 Å². The summed E-state index contributed by atoms with van der Waals surface area (Å²) in [5.41, 5.74) is 0. The molecule has 1 rings (SSSR count). The van der Waals surface area contributed by atoms with Crippen molar-refractivity contribution in [2.75, 3.05) is 26.0 Å². The summed E-state index contributed by atoms with van der Waals surface area (Å²) in [4.78, 5) is 24.0. The van der Waals surface area contributed by atoms with Crippen molar-refractivity contribution in [2.24, 2.45) is 0 Å². The molecule has 0 bridgehead atoms. The topological polar surface area (TPSA) is 49.3 Å². The smallest absolute Gasteiger partial charge is 0.142 e. The molecule has 0 fully saturated rings. The van der Waals surface area contributed by atoms with Crippen LogP contribution >= 0.6 is 0 Å². The first-order valence-corrected chi connectivity index (χ1v) is 8.05. The van der Waals surface area contributed by atoms with E-state index < -0.39 is 0 Å². The van der Waals surface area contributed by atoms with E-state index in [0.29, 0.717) is 6.04 Å². The van der Waals surface area contributed by atoms with Crippen molar-refractivity contribution in [1.29, 1.82) is 0 Å². The van der Waals surface area contributed by atoms with Crippen molar-refractivity contribution < 1.29 is 4.79 Å². The Hall–Kier alpha value is -1.49. The fraction of sp³-hybridized carbons (Fsp3) is 0.706. The number of carbonyl (C=O) groups excluding carboxylic acids is 1. The van der Waals surface area contributed by atoms with E-state index in [-0.39, 0.29) is 6.04 Å². The first-order valence-electron chi connectivity index (χ1n) is 8.05. The van der Waals surface area contributed by atoms with E-state index in [9.17, 15) is 4.79 Å². The Labute approximate surface area is 135 Å². The van der Waals surface area contributed by atoms with Gasteiger partial charge in [0.2, 0.25) is 0 Å². The highest BCUT2D eigenvalue weighted by Crippen LogP contribution is 2.21. The summed E-state index contributed by atoms with van der Waals surface area (Å²) < 4.78 is 0. The molecule has 1 atom stereocenters. The van der Waals surface area contributed by atoms with Gasteiger partial charge in [-0.25, -0.2) is 9.97 Å². The molecule has 1 unspecified atom stereocenters. The van der Waals surface area contributed by atoms with Crippen LogP contribution < -0.4 is 4.90 Å². The van der Waals surface area contributed by atoms with Crippen molar-refractivity contribution in [3.63, 3.8) is 0 Å². The van der Waals surface area contributed by atoms with Gasteiger partial charge in [0.1, 0.15) is 17.9 Å². The molecule has 0 aromatic carbocycles. The molecule has 0 N–H and O–H groups in total. The molecule has 0 saturated heterocycles. The minimum absolute atomic E-state index is 0.107. The quantitative estimate of drug-likeness (QED) is 0.725. The lowest BCUT2D eigenvalue weighted by Gasteiger charge is -2.35. The Bertz CT molecular complexity index is 416. The lowest BCUT2D eigenvalue weighted by atomic mass is 10.1. The lowest BCUT2D eigenvalue weighted by molar-refractivity contribution is -0.109. The Balaban J connectivity index is 0.000000980. The second-order valence-corrected chi connectivity index (χ2v) is 5.79. The largest absolute Gasteiger partial charge is 0.344 e. The minimum Gasteiger partial charge on any atom is -0.344 e. The van der Waals surface area contributed by atoms with E-state index in [1.165, 1.54) is 0 Å². The SMILES string of the molecule is CCC(C=O)N(c1ccnc(C)n1)C(CC)CC.CN(C)C. The molecule has 1 aromatic heterocycles. The third-order valence-corrected chi connectivity index (χ3v) is 3.29. The molecular formula is C17H32N4O. The van der Waals surface area contributed by atoms with Crippen LogP contribution in [0, 0.1) is 6.92 Å². The zero-order valence-electron chi connectivity index (χ0n) is 15.2. The van der Waals surface area contributed by atoms with Gasteiger partial charge in [0.15, 0.2) is 0 Å². The van der Waals surface area contributed by atoms with Crippen LogP contribution in [0.4, 0.5) is 5.82 Å². The molecule has 0 aliphatic heterocycles. The van der Waals surface area contributed by atoms with Gasteiger partial charge in [-0.1, -0.05) is 20.8 Å². The molecule has 0 aliphatic rings. The van der Waals surface area contributed by atoms with Gasteiger partial charge in [-0.3, -0.25) is 0 Å². The highest BCUT2D eigenvalue weighted by molar-refractivity contribution is 5.65. The number of hydrogen-bond donors (Lipinski definition) is 0. The van der Waals surface area contributed by atoms with E-state index >= 15 is 0 Å². The Morgan fingerprint density at radius 3 is 2.05 bits per heavy atom. The third-order valence-electron chi connectivity index (χ3n) is 3.29. The monoisotopic (exact) mass is 308 g/mol. The average molecular weight is 308 g/mol. The normalized spacial score (nSPS) is 11.9. The van der Waals surface area contributed by atoms with Crippen LogP contribution in [-0.4, -0.2) is 54.4 Å². The number of carbonyl (C=O) groups is 1. The van der Waals surface area contributed by atoms with E-state index in [1.54, 1.807) is 6.20 Å². The highest BCUT2D eigenvalue weighted by atomic mass is 16.1. The van der Waals surface area contributed by atoms with Gasteiger partial charge in [-0.15, -0.1) is 0 Å². The van der Waals surface area contributed by atoms with Crippen LogP contribution in [0.2, 0.25) is 0 Å². The zero-order chi connectivity index (χ0) is 17.1. The van der Waals surface area contributed by atoms with Crippen molar-refractivity contribution in [3.05, 3.63) is 18.1 Å². The summed E-state index contributed by atoms with van der Waals surface area (Å²) in [7, 11) is 6.00. The maximum Gasteiger partial charge on any atom is 0.142 e. The molecule has 0 amide bonds. The van der Waals surface area contributed by atoms with Crippen molar-refractivity contribution in [2.45, 2.75) is 59.0 Å². The predicted molar refractivity (Wildman–Crippen MR) is 93.4 cm³/mol. The fourth-order valence-corrected chi connectivity index (χ4v) is 2.26. The van der Waals surface area contributed by atoms with Crippen molar-refractivity contribution in [3.8, 4) is 0 Å². The van der Waals surface area contributed by atoms with Crippen LogP contribution in [0.15, 0.2) is 12.3 Å². The maximum absolute atomic E-state index is 11.3. The zero-order valence-corrected chi connectivity index (χ0v) is 15.2. The van der Waals surface area contributed by atoms with Crippen LogP contribution in [0.5, 0.6) is 0 Å². The van der Waals surface area contributed by atoms with Gasteiger partial charge < -0.3 is 14.6 Å². The van der Waals surface area contributed by atoms with Crippen LogP contribution in [0.1, 0.15) is 45.9 Å². The fourth-order valence-electron chi connectivity index (χ4n) is 2.26. The second-order valence-electron chi connectivity index (χ2n) is 5.79. The highest BCUT2D eigenvalue weighted by Gasteiger charge is 2.24. The molecule has 5 heteroatoms. The van der Waals surface area contributed by atoms with Gasteiger partial charge in [0, 0.05) is 12.2 Å². The number of aldehydes is 1. The summed E-state index contributed by atoms with van der Waals surface area (Å²) in [6.45, 7) is 8.19.